The number of nitrogens with zero attached hydrogens (tertiary/aromatic N) is 2. The highest BCUT2D eigenvalue weighted by molar-refractivity contribution is 7.01. The van der Waals surface area contributed by atoms with Crippen molar-refractivity contribution in [2.24, 2.45) is 0 Å². The highest BCUT2D eigenvalue weighted by atomic mass is 16.2. The quantitative estimate of drug-likeness (QED) is 0.376. The van der Waals surface area contributed by atoms with Crippen molar-refractivity contribution in [2.45, 2.75) is 12.8 Å². The molecule has 6 rings (SSSR count). The van der Waals surface area contributed by atoms with Crippen LogP contribution in [-0.4, -0.2) is 12.3 Å². The molecule has 0 bridgehead atoms. The summed E-state index contributed by atoms with van der Waals surface area (Å²) >= 11 is 0. The van der Waals surface area contributed by atoms with Gasteiger partial charge in [-0.05, 0) is 36.2 Å². The van der Waals surface area contributed by atoms with E-state index in [0.29, 0.717) is 12.8 Å². The fourth-order valence-corrected chi connectivity index (χ4v) is 5.72. The van der Waals surface area contributed by atoms with Crippen LogP contribution >= 0.6 is 0 Å². The maximum Gasteiger partial charge on any atom is 0.437 e. The lowest BCUT2D eigenvalue weighted by atomic mass is 9.36. The monoisotopic (exact) mass is 440 g/mol. The molecule has 164 valence electrons. The van der Waals surface area contributed by atoms with Gasteiger partial charge in [0, 0.05) is 11.8 Å². The molecule has 0 aliphatic carbocycles. The third-order valence-corrected chi connectivity index (χ3v) is 7.13. The predicted molar refractivity (Wildman–Crippen MR) is 140 cm³/mol. The van der Waals surface area contributed by atoms with E-state index in [1.807, 2.05) is 30.3 Å². The molecule has 4 aromatic carbocycles. The van der Waals surface area contributed by atoms with E-state index in [2.05, 4.69) is 106 Å². The van der Waals surface area contributed by atoms with Crippen molar-refractivity contribution in [3.63, 3.8) is 0 Å². The molecule has 3 nitrogen and oxygen atoms in total. The predicted octanol–water partition coefficient (Wildman–Crippen LogP) is 4.21. The minimum atomic E-state index is -1.76. The van der Waals surface area contributed by atoms with Crippen molar-refractivity contribution >= 4 is 39.8 Å². The largest absolute Gasteiger partial charge is 0.437 e. The summed E-state index contributed by atoms with van der Waals surface area (Å²) in [4.78, 5) is 16.3. The molecule has 2 heterocycles. The molecule has 0 fully saturated rings. The van der Waals surface area contributed by atoms with Crippen LogP contribution < -0.4 is 20.2 Å². The van der Waals surface area contributed by atoms with Crippen LogP contribution in [0.1, 0.15) is 12.0 Å². The molecule has 0 atom stereocenters. The van der Waals surface area contributed by atoms with E-state index in [-0.39, 0.29) is 5.91 Å². The van der Waals surface area contributed by atoms with Gasteiger partial charge in [-0.25, -0.2) is 0 Å². The lowest BCUT2D eigenvalue weighted by Crippen LogP contribution is -2.85. The standard InChI is InChI=1S/C30H25BN2O/c34-29(22-21-24-12-4-1-5-13-24)33-28-20-10-14-25-15-11-23-32(30(25)28)31(33,26-16-6-2-7-17-26)27-18-8-3-9-19-27/h1-20,23H,21-22H2. The molecule has 0 spiro atoms. The Morgan fingerprint density at radius 3 is 1.91 bits per heavy atom. The fraction of sp³-hybridized carbons (Fsp3) is 0.0667. The van der Waals surface area contributed by atoms with Crippen molar-refractivity contribution in [2.75, 3.05) is 4.81 Å². The van der Waals surface area contributed by atoms with Crippen LogP contribution in [0.15, 0.2) is 128 Å². The second-order valence-electron chi connectivity index (χ2n) is 8.98. The van der Waals surface area contributed by atoms with Crippen molar-refractivity contribution in [3.05, 3.63) is 133 Å². The van der Waals surface area contributed by atoms with Crippen LogP contribution in [0.5, 0.6) is 0 Å². The number of amides is 1. The summed E-state index contributed by atoms with van der Waals surface area (Å²) in [5.41, 5.74) is 5.50. The summed E-state index contributed by atoms with van der Waals surface area (Å²) in [5.74, 6) is 0.132. The summed E-state index contributed by atoms with van der Waals surface area (Å²) in [5, 5.41) is 1.14. The zero-order valence-electron chi connectivity index (χ0n) is 18.9. The molecule has 1 amide bonds. The van der Waals surface area contributed by atoms with Crippen molar-refractivity contribution in [1.29, 1.82) is 0 Å². The number of anilines is 1. The van der Waals surface area contributed by atoms with Crippen LogP contribution in [0, 0.1) is 0 Å². The number of rotatable bonds is 5. The third-order valence-electron chi connectivity index (χ3n) is 7.13. The van der Waals surface area contributed by atoms with Crippen molar-refractivity contribution in [3.8, 4) is 0 Å². The van der Waals surface area contributed by atoms with Gasteiger partial charge in [0.2, 0.25) is 0 Å². The topological polar surface area (TPSA) is 24.2 Å². The molecule has 0 unspecified atom stereocenters. The van der Waals surface area contributed by atoms with Gasteiger partial charge in [-0.15, -0.1) is 10.9 Å². The number of para-hydroxylation sites is 1. The molecular formula is C30H25BN2O. The molecule has 0 saturated heterocycles. The molecule has 0 saturated carbocycles. The number of aromatic nitrogens is 1. The summed E-state index contributed by atoms with van der Waals surface area (Å²) in [6.45, 7) is 0. The Kier molecular flexibility index (Phi) is 4.99. The summed E-state index contributed by atoms with van der Waals surface area (Å²) in [6.07, 6.45) is 1.53. The van der Waals surface area contributed by atoms with Gasteiger partial charge >= 0.3 is 6.42 Å². The summed E-state index contributed by atoms with van der Waals surface area (Å²) in [6, 6.07) is 41.7. The van der Waals surface area contributed by atoms with Gasteiger partial charge in [0.25, 0.3) is 0 Å². The zero-order valence-corrected chi connectivity index (χ0v) is 18.9. The first-order valence-corrected chi connectivity index (χ1v) is 11.9. The van der Waals surface area contributed by atoms with Gasteiger partial charge < -0.3 is 9.29 Å². The van der Waals surface area contributed by atoms with Crippen LogP contribution in [0.25, 0.3) is 10.9 Å². The maximum absolute atomic E-state index is 14.2. The molecule has 4 heteroatoms. The molecule has 5 aromatic rings. The molecule has 34 heavy (non-hydrogen) atoms. The fourth-order valence-electron chi connectivity index (χ4n) is 5.72. The normalized spacial score (nSPS) is 13.8. The Morgan fingerprint density at radius 2 is 1.26 bits per heavy atom. The van der Waals surface area contributed by atoms with Crippen molar-refractivity contribution < 1.29 is 9.27 Å². The number of benzene rings is 4. The van der Waals surface area contributed by atoms with Gasteiger partial charge in [-0.2, -0.15) is 0 Å². The molecular weight excluding hydrogens is 415 g/mol. The Morgan fingerprint density at radius 1 is 0.676 bits per heavy atom. The molecule has 0 radical (unpaired) electrons. The highest BCUT2D eigenvalue weighted by Crippen LogP contribution is 2.34. The second-order valence-corrected chi connectivity index (χ2v) is 8.98. The Balaban J connectivity index is 1.60. The number of pyridine rings is 1. The Hall–Kier alpha value is -4.18. The van der Waals surface area contributed by atoms with Gasteiger partial charge in [-0.3, -0.25) is 4.79 Å². The minimum absolute atomic E-state index is 0.132. The average molecular weight is 440 g/mol. The molecule has 1 aromatic heterocycles. The third kappa shape index (κ3) is 3.06. The lowest BCUT2D eigenvalue weighted by molar-refractivity contribution is -0.508. The van der Waals surface area contributed by atoms with E-state index >= 15 is 0 Å². The lowest BCUT2D eigenvalue weighted by Gasteiger charge is -2.41. The van der Waals surface area contributed by atoms with Crippen LogP contribution in [-0.2, 0) is 11.2 Å². The first-order chi connectivity index (χ1) is 16.8. The number of aryl methyl sites for hydroxylation is 1. The van der Waals surface area contributed by atoms with E-state index in [4.69, 9.17) is 0 Å². The minimum Gasteiger partial charge on any atom is -0.412 e. The van der Waals surface area contributed by atoms with E-state index in [1.165, 1.54) is 5.56 Å². The van der Waals surface area contributed by atoms with E-state index in [9.17, 15) is 4.79 Å². The maximum atomic E-state index is 14.2. The van der Waals surface area contributed by atoms with Gasteiger partial charge in [0.15, 0.2) is 11.4 Å². The number of carbonyl (C=O) groups is 1. The van der Waals surface area contributed by atoms with E-state index in [1.54, 1.807) is 0 Å². The Bertz CT molecular complexity index is 1430. The van der Waals surface area contributed by atoms with Crippen LogP contribution in [0.3, 0.4) is 0 Å². The summed E-state index contributed by atoms with van der Waals surface area (Å²) < 4.78 is 2.34. The zero-order chi connectivity index (χ0) is 23.0. The summed E-state index contributed by atoms with van der Waals surface area (Å²) in [7, 11) is 0. The molecule has 1 aliphatic heterocycles. The van der Waals surface area contributed by atoms with E-state index < -0.39 is 6.42 Å². The van der Waals surface area contributed by atoms with Crippen LogP contribution in [0.4, 0.5) is 5.69 Å². The average Bonchev–Trinajstić information content (AvgIpc) is 3.22. The highest BCUT2D eigenvalue weighted by Gasteiger charge is 2.54. The first-order valence-electron chi connectivity index (χ1n) is 11.9. The van der Waals surface area contributed by atoms with E-state index in [0.717, 1.165) is 27.5 Å². The van der Waals surface area contributed by atoms with Gasteiger partial charge in [0.1, 0.15) is 6.20 Å². The molecule has 0 N–H and O–H groups in total. The van der Waals surface area contributed by atoms with Gasteiger partial charge in [-0.1, -0.05) is 97.1 Å². The van der Waals surface area contributed by atoms with Crippen molar-refractivity contribution in [1.82, 2.24) is 0 Å². The first kappa shape index (κ1) is 20.4. The SMILES string of the molecule is O=C(CCc1ccccc1)N1c2cccc3ccc[n+](c23)[B-]1(c1ccccc1)c1ccccc1. The molecule has 1 aliphatic rings. The van der Waals surface area contributed by atoms with Gasteiger partial charge in [0.05, 0.1) is 5.69 Å². The Labute approximate surface area is 199 Å². The second kappa shape index (κ2) is 8.31. The number of hydrogen-bond acceptors (Lipinski definition) is 1. The number of hydrogen-bond donors (Lipinski definition) is 0. The number of carbonyl (C=O) groups excluding carboxylic acids is 1. The van der Waals surface area contributed by atoms with Crippen LogP contribution in [0.2, 0.25) is 0 Å². The smallest absolute Gasteiger partial charge is 0.412 e.